The summed E-state index contributed by atoms with van der Waals surface area (Å²) in [5, 5.41) is 0. The van der Waals surface area contributed by atoms with Crippen molar-refractivity contribution < 1.29 is 0 Å². The number of nitrogens with zero attached hydrogens (tertiary/aromatic N) is 2. The summed E-state index contributed by atoms with van der Waals surface area (Å²) < 4.78 is 1.88. The van der Waals surface area contributed by atoms with Crippen LogP contribution in [-0.2, 0) is 13.0 Å². The first-order chi connectivity index (χ1) is 6.74. The van der Waals surface area contributed by atoms with Gasteiger partial charge in [-0.15, -0.1) is 0 Å². The number of hydrogen-bond acceptors (Lipinski definition) is 2. The summed E-state index contributed by atoms with van der Waals surface area (Å²) in [6.45, 7) is 5.02. The van der Waals surface area contributed by atoms with Gasteiger partial charge < -0.3 is 4.57 Å². The smallest absolute Gasteiger partial charge is 0.272 e. The van der Waals surface area contributed by atoms with Crippen LogP contribution in [0.25, 0.3) is 0 Å². The molecule has 1 atom stereocenters. The first kappa shape index (κ1) is 9.44. The van der Waals surface area contributed by atoms with Crippen LogP contribution < -0.4 is 5.56 Å². The van der Waals surface area contributed by atoms with Gasteiger partial charge in [-0.2, -0.15) is 0 Å². The van der Waals surface area contributed by atoms with E-state index in [0.717, 1.165) is 37.2 Å². The van der Waals surface area contributed by atoms with Crippen molar-refractivity contribution in [1.82, 2.24) is 9.55 Å². The Morgan fingerprint density at radius 3 is 3.14 bits per heavy atom. The molecule has 14 heavy (non-hydrogen) atoms. The van der Waals surface area contributed by atoms with Crippen LogP contribution in [-0.4, -0.2) is 9.55 Å². The van der Waals surface area contributed by atoms with E-state index in [1.165, 1.54) is 0 Å². The van der Waals surface area contributed by atoms with Gasteiger partial charge in [0.2, 0.25) is 0 Å². The fraction of sp³-hybridized carbons (Fsp3) is 0.636. The van der Waals surface area contributed by atoms with Crippen molar-refractivity contribution in [3.63, 3.8) is 0 Å². The molecule has 76 valence electrons. The number of fused-ring (bicyclic) bond motifs is 1. The molecule has 1 aromatic heterocycles. The number of rotatable bonds is 2. The van der Waals surface area contributed by atoms with Gasteiger partial charge in [0, 0.05) is 24.4 Å². The number of hydrogen-bond donors (Lipinski definition) is 0. The molecular weight excluding hydrogens is 176 g/mol. The van der Waals surface area contributed by atoms with Crippen LogP contribution in [0.15, 0.2) is 11.0 Å². The van der Waals surface area contributed by atoms with Crippen LogP contribution in [0.3, 0.4) is 0 Å². The summed E-state index contributed by atoms with van der Waals surface area (Å²) >= 11 is 0. The second-order valence-corrected chi connectivity index (χ2v) is 4.00. The van der Waals surface area contributed by atoms with Crippen LogP contribution in [0, 0.1) is 0 Å². The molecule has 1 aliphatic heterocycles. The lowest BCUT2D eigenvalue weighted by Gasteiger charge is -2.09. The SMILES string of the molecule is CC[C@H](C)c1ncc2n(c1=O)CCC2. The van der Waals surface area contributed by atoms with Crippen molar-refractivity contribution in [2.24, 2.45) is 0 Å². The van der Waals surface area contributed by atoms with E-state index in [1.54, 1.807) is 0 Å². The van der Waals surface area contributed by atoms with Crippen molar-refractivity contribution in [1.29, 1.82) is 0 Å². The standard InChI is InChI=1S/C11H16N2O/c1-3-8(2)10-11(14)13-6-4-5-9(13)7-12-10/h7-8H,3-6H2,1-2H3/t8-/m0/s1. The molecule has 0 saturated heterocycles. The largest absolute Gasteiger partial charge is 0.310 e. The zero-order valence-corrected chi connectivity index (χ0v) is 8.79. The molecule has 0 fully saturated rings. The maximum absolute atomic E-state index is 12.0. The zero-order chi connectivity index (χ0) is 10.1. The van der Waals surface area contributed by atoms with Crippen molar-refractivity contribution in [2.75, 3.05) is 0 Å². The average Bonchev–Trinajstić information content (AvgIpc) is 2.66. The minimum absolute atomic E-state index is 0.134. The van der Waals surface area contributed by atoms with Gasteiger partial charge in [-0.25, -0.2) is 0 Å². The molecule has 3 heteroatoms. The Hall–Kier alpha value is -1.12. The summed E-state index contributed by atoms with van der Waals surface area (Å²) in [6.07, 6.45) is 4.93. The van der Waals surface area contributed by atoms with E-state index in [-0.39, 0.29) is 11.5 Å². The third kappa shape index (κ3) is 1.37. The van der Waals surface area contributed by atoms with Crippen LogP contribution in [0.1, 0.15) is 44.0 Å². The highest BCUT2D eigenvalue weighted by Gasteiger charge is 2.17. The Balaban J connectivity index is 2.50. The van der Waals surface area contributed by atoms with Gasteiger partial charge in [-0.3, -0.25) is 9.78 Å². The molecule has 1 aromatic rings. The molecule has 1 aliphatic rings. The van der Waals surface area contributed by atoms with Gasteiger partial charge in [0.1, 0.15) is 5.69 Å². The number of aryl methyl sites for hydroxylation is 1. The van der Waals surface area contributed by atoms with Crippen LogP contribution in [0.5, 0.6) is 0 Å². The van der Waals surface area contributed by atoms with Gasteiger partial charge in [0.15, 0.2) is 0 Å². The second kappa shape index (κ2) is 3.56. The zero-order valence-electron chi connectivity index (χ0n) is 8.79. The molecule has 0 spiro atoms. The van der Waals surface area contributed by atoms with E-state index in [4.69, 9.17) is 0 Å². The van der Waals surface area contributed by atoms with E-state index in [1.807, 2.05) is 10.8 Å². The van der Waals surface area contributed by atoms with Crippen molar-refractivity contribution in [3.05, 3.63) is 27.9 Å². The Labute approximate surface area is 83.8 Å². The Kier molecular flexibility index (Phi) is 2.40. The molecule has 2 heterocycles. The second-order valence-electron chi connectivity index (χ2n) is 4.00. The predicted molar refractivity (Wildman–Crippen MR) is 55.5 cm³/mol. The highest BCUT2D eigenvalue weighted by Crippen LogP contribution is 2.15. The Bertz CT molecular complexity index is 395. The van der Waals surface area contributed by atoms with Crippen LogP contribution >= 0.6 is 0 Å². The quantitative estimate of drug-likeness (QED) is 0.715. The van der Waals surface area contributed by atoms with Gasteiger partial charge >= 0.3 is 0 Å². The lowest BCUT2D eigenvalue weighted by Crippen LogP contribution is -2.25. The number of aromatic nitrogens is 2. The van der Waals surface area contributed by atoms with Gasteiger partial charge in [-0.05, 0) is 19.3 Å². The molecule has 0 amide bonds. The summed E-state index contributed by atoms with van der Waals surface area (Å²) in [6, 6.07) is 0. The molecule has 0 saturated carbocycles. The molecule has 0 aliphatic carbocycles. The van der Waals surface area contributed by atoms with E-state index in [0.29, 0.717) is 0 Å². The normalized spacial score (nSPS) is 16.7. The van der Waals surface area contributed by atoms with Crippen LogP contribution in [0.2, 0.25) is 0 Å². The monoisotopic (exact) mass is 192 g/mol. The van der Waals surface area contributed by atoms with E-state index in [9.17, 15) is 4.79 Å². The highest BCUT2D eigenvalue weighted by molar-refractivity contribution is 5.11. The summed E-state index contributed by atoms with van der Waals surface area (Å²) in [7, 11) is 0. The topological polar surface area (TPSA) is 34.9 Å². The molecule has 0 bridgehead atoms. The van der Waals surface area contributed by atoms with Crippen LogP contribution in [0.4, 0.5) is 0 Å². The Morgan fingerprint density at radius 2 is 2.43 bits per heavy atom. The summed E-state index contributed by atoms with van der Waals surface area (Å²) in [5.74, 6) is 0.279. The maximum atomic E-state index is 12.0. The molecule has 0 N–H and O–H groups in total. The molecule has 0 unspecified atom stereocenters. The molecule has 0 aromatic carbocycles. The minimum Gasteiger partial charge on any atom is -0.310 e. The molecule has 3 nitrogen and oxygen atoms in total. The van der Waals surface area contributed by atoms with E-state index >= 15 is 0 Å². The maximum Gasteiger partial charge on any atom is 0.272 e. The molecular formula is C11H16N2O. The molecule has 2 rings (SSSR count). The summed E-state index contributed by atoms with van der Waals surface area (Å²) in [4.78, 5) is 16.2. The van der Waals surface area contributed by atoms with Gasteiger partial charge in [0.05, 0.1) is 0 Å². The first-order valence-electron chi connectivity index (χ1n) is 5.32. The fourth-order valence-corrected chi connectivity index (χ4v) is 1.93. The van der Waals surface area contributed by atoms with E-state index < -0.39 is 0 Å². The third-order valence-electron chi connectivity index (χ3n) is 3.06. The fourth-order valence-electron chi connectivity index (χ4n) is 1.93. The van der Waals surface area contributed by atoms with Crippen molar-refractivity contribution >= 4 is 0 Å². The average molecular weight is 192 g/mol. The van der Waals surface area contributed by atoms with Crippen molar-refractivity contribution in [2.45, 2.75) is 45.6 Å². The van der Waals surface area contributed by atoms with Gasteiger partial charge in [-0.1, -0.05) is 13.8 Å². The van der Waals surface area contributed by atoms with Gasteiger partial charge in [0.25, 0.3) is 5.56 Å². The summed E-state index contributed by atoms with van der Waals surface area (Å²) in [5.41, 5.74) is 1.97. The third-order valence-corrected chi connectivity index (χ3v) is 3.06. The lowest BCUT2D eigenvalue weighted by atomic mass is 10.1. The van der Waals surface area contributed by atoms with E-state index in [2.05, 4.69) is 18.8 Å². The van der Waals surface area contributed by atoms with Crippen molar-refractivity contribution in [3.8, 4) is 0 Å². The Morgan fingerprint density at radius 1 is 1.64 bits per heavy atom. The lowest BCUT2D eigenvalue weighted by molar-refractivity contribution is 0.647. The predicted octanol–water partition coefficient (Wildman–Crippen LogP) is 1.70. The molecule has 0 radical (unpaired) electrons. The first-order valence-corrected chi connectivity index (χ1v) is 5.32. The highest BCUT2D eigenvalue weighted by atomic mass is 16.1. The minimum atomic E-state index is 0.134.